The molecule has 0 spiro atoms. The molecule has 1 aromatic rings. The maximum Gasteiger partial charge on any atom is 0.326 e. The minimum absolute atomic E-state index is 0.0160. The van der Waals surface area contributed by atoms with E-state index in [2.05, 4.69) is 5.32 Å². The van der Waals surface area contributed by atoms with Crippen LogP contribution in [0.1, 0.15) is 32.3 Å². The number of benzene rings is 1. The zero-order valence-electron chi connectivity index (χ0n) is 12.8. The fraction of sp³-hybridized carbons (Fsp3) is 0.438. The fourth-order valence-electron chi connectivity index (χ4n) is 2.08. The van der Waals surface area contributed by atoms with Crippen molar-refractivity contribution in [3.63, 3.8) is 0 Å². The topological polar surface area (TPSA) is 109 Å². The number of hydrogen-bond donors (Lipinski definition) is 3. The summed E-state index contributed by atoms with van der Waals surface area (Å²) in [7, 11) is 0. The monoisotopic (exact) mass is 306 g/mol. The molecule has 2 amide bonds. The van der Waals surface area contributed by atoms with E-state index in [4.69, 9.17) is 10.8 Å². The van der Waals surface area contributed by atoms with Crippen molar-refractivity contribution in [2.75, 3.05) is 0 Å². The van der Waals surface area contributed by atoms with Crippen LogP contribution in [-0.2, 0) is 20.8 Å². The zero-order valence-corrected chi connectivity index (χ0v) is 12.8. The number of nitrogens with one attached hydrogen (secondary N) is 1. The van der Waals surface area contributed by atoms with Gasteiger partial charge in [-0.15, -0.1) is 0 Å². The van der Waals surface area contributed by atoms with Gasteiger partial charge < -0.3 is 16.2 Å². The first kappa shape index (κ1) is 17.7. The van der Waals surface area contributed by atoms with E-state index in [9.17, 15) is 14.4 Å². The summed E-state index contributed by atoms with van der Waals surface area (Å²) in [6, 6.07) is 8.37. The third kappa shape index (κ3) is 5.55. The van der Waals surface area contributed by atoms with Gasteiger partial charge in [-0.05, 0) is 18.4 Å². The Morgan fingerprint density at radius 3 is 2.32 bits per heavy atom. The van der Waals surface area contributed by atoms with E-state index >= 15 is 0 Å². The summed E-state index contributed by atoms with van der Waals surface area (Å²) in [4.78, 5) is 34.3. The highest BCUT2D eigenvalue weighted by molar-refractivity contribution is 5.87. The van der Waals surface area contributed by atoms with Crippen molar-refractivity contribution in [3.8, 4) is 0 Å². The molecular weight excluding hydrogens is 284 g/mol. The molecule has 0 radical (unpaired) electrons. The van der Waals surface area contributed by atoms with Gasteiger partial charge >= 0.3 is 5.97 Å². The maximum atomic E-state index is 12.3. The Morgan fingerprint density at radius 2 is 1.82 bits per heavy atom. The molecule has 0 bridgehead atoms. The van der Waals surface area contributed by atoms with Crippen molar-refractivity contribution in [1.82, 2.24) is 5.32 Å². The van der Waals surface area contributed by atoms with Crippen LogP contribution in [0.4, 0.5) is 0 Å². The first-order valence-electron chi connectivity index (χ1n) is 7.08. The second-order valence-electron chi connectivity index (χ2n) is 5.92. The number of aliphatic carboxylic acids is 1. The largest absolute Gasteiger partial charge is 0.480 e. The number of hydrogen-bond acceptors (Lipinski definition) is 3. The molecule has 1 unspecified atom stereocenters. The Hall–Kier alpha value is -2.37. The van der Waals surface area contributed by atoms with Crippen LogP contribution in [-0.4, -0.2) is 28.9 Å². The van der Waals surface area contributed by atoms with Crippen LogP contribution in [0, 0.1) is 5.41 Å². The van der Waals surface area contributed by atoms with Crippen LogP contribution in [0.25, 0.3) is 0 Å². The molecule has 0 aromatic heterocycles. The van der Waals surface area contributed by atoms with Crippen molar-refractivity contribution in [1.29, 1.82) is 0 Å². The minimum atomic E-state index is -1.18. The SMILES string of the molecule is CC(C)(Cc1ccccc1)C(=O)NC(CCC(N)=O)C(=O)O. The van der Waals surface area contributed by atoms with Crippen molar-refractivity contribution in [3.05, 3.63) is 35.9 Å². The number of carbonyl (C=O) groups excluding carboxylic acids is 2. The lowest BCUT2D eigenvalue weighted by molar-refractivity contribution is -0.143. The summed E-state index contributed by atoms with van der Waals surface area (Å²) >= 11 is 0. The van der Waals surface area contributed by atoms with E-state index in [1.807, 2.05) is 30.3 Å². The molecule has 6 nitrogen and oxygen atoms in total. The second kappa shape index (κ2) is 7.59. The summed E-state index contributed by atoms with van der Waals surface area (Å²) in [6.07, 6.45) is 0.385. The quantitative estimate of drug-likeness (QED) is 0.667. The Balaban J connectivity index is 2.70. The smallest absolute Gasteiger partial charge is 0.326 e. The number of primary amides is 1. The summed E-state index contributed by atoms with van der Waals surface area (Å²) in [5, 5.41) is 11.6. The highest BCUT2D eigenvalue weighted by Gasteiger charge is 2.31. The Morgan fingerprint density at radius 1 is 1.23 bits per heavy atom. The number of carboxylic acids is 1. The molecule has 1 rings (SSSR count). The number of nitrogens with two attached hydrogens (primary N) is 1. The fourth-order valence-corrected chi connectivity index (χ4v) is 2.08. The van der Waals surface area contributed by atoms with Gasteiger partial charge in [0, 0.05) is 11.8 Å². The van der Waals surface area contributed by atoms with Crippen LogP contribution in [0.2, 0.25) is 0 Å². The predicted octanol–water partition coefficient (Wildman–Crippen LogP) is 1.09. The maximum absolute atomic E-state index is 12.3. The second-order valence-corrected chi connectivity index (χ2v) is 5.92. The van der Waals surface area contributed by atoms with Gasteiger partial charge in [-0.1, -0.05) is 44.2 Å². The van der Waals surface area contributed by atoms with Gasteiger partial charge in [0.2, 0.25) is 11.8 Å². The molecule has 0 aliphatic carbocycles. The van der Waals surface area contributed by atoms with Gasteiger partial charge in [0.05, 0.1) is 0 Å². The molecule has 120 valence electrons. The van der Waals surface area contributed by atoms with Crippen molar-refractivity contribution in [2.24, 2.45) is 11.1 Å². The van der Waals surface area contributed by atoms with E-state index in [1.165, 1.54) is 0 Å². The molecule has 22 heavy (non-hydrogen) atoms. The van der Waals surface area contributed by atoms with Gasteiger partial charge in [-0.2, -0.15) is 0 Å². The van der Waals surface area contributed by atoms with Crippen LogP contribution < -0.4 is 11.1 Å². The van der Waals surface area contributed by atoms with Crippen LogP contribution in [0.15, 0.2) is 30.3 Å². The van der Waals surface area contributed by atoms with Gasteiger partial charge in [-0.25, -0.2) is 4.79 Å². The Bertz CT molecular complexity index is 540. The van der Waals surface area contributed by atoms with Gasteiger partial charge in [0.25, 0.3) is 0 Å². The first-order chi connectivity index (χ1) is 10.2. The molecule has 0 heterocycles. The molecule has 1 aromatic carbocycles. The lowest BCUT2D eigenvalue weighted by Gasteiger charge is -2.26. The van der Waals surface area contributed by atoms with E-state index in [0.717, 1.165) is 5.56 Å². The van der Waals surface area contributed by atoms with Crippen molar-refractivity contribution in [2.45, 2.75) is 39.2 Å². The lowest BCUT2D eigenvalue weighted by atomic mass is 9.84. The third-order valence-electron chi connectivity index (χ3n) is 3.39. The standard InChI is InChI=1S/C16H22N2O4/c1-16(2,10-11-6-4-3-5-7-11)15(22)18-12(14(20)21)8-9-13(17)19/h3-7,12H,8-10H2,1-2H3,(H2,17,19)(H,18,22)(H,20,21). The number of amides is 2. The van der Waals surface area contributed by atoms with Crippen LogP contribution in [0.3, 0.4) is 0 Å². The molecule has 0 aliphatic rings. The highest BCUT2D eigenvalue weighted by Crippen LogP contribution is 2.22. The van der Waals surface area contributed by atoms with E-state index in [1.54, 1.807) is 13.8 Å². The van der Waals surface area contributed by atoms with E-state index < -0.39 is 23.3 Å². The van der Waals surface area contributed by atoms with Gasteiger partial charge in [0.1, 0.15) is 6.04 Å². The molecule has 6 heteroatoms. The van der Waals surface area contributed by atoms with Crippen LogP contribution >= 0.6 is 0 Å². The lowest BCUT2D eigenvalue weighted by Crippen LogP contribution is -2.47. The molecule has 4 N–H and O–H groups in total. The Labute approximate surface area is 129 Å². The van der Waals surface area contributed by atoms with Gasteiger partial charge in [-0.3, -0.25) is 9.59 Å². The highest BCUT2D eigenvalue weighted by atomic mass is 16.4. The van der Waals surface area contributed by atoms with Crippen LogP contribution in [0.5, 0.6) is 0 Å². The molecular formula is C16H22N2O4. The minimum Gasteiger partial charge on any atom is -0.480 e. The zero-order chi connectivity index (χ0) is 16.8. The average Bonchev–Trinajstić information content (AvgIpc) is 2.43. The molecule has 1 atom stereocenters. The number of rotatable bonds is 8. The predicted molar refractivity (Wildman–Crippen MR) is 81.9 cm³/mol. The summed E-state index contributed by atoms with van der Waals surface area (Å²) < 4.78 is 0. The third-order valence-corrected chi connectivity index (χ3v) is 3.39. The van der Waals surface area contributed by atoms with E-state index in [-0.39, 0.29) is 18.7 Å². The Kier molecular flexibility index (Phi) is 6.10. The van der Waals surface area contributed by atoms with Crippen molar-refractivity contribution >= 4 is 17.8 Å². The molecule has 0 saturated carbocycles. The molecule has 0 saturated heterocycles. The molecule has 0 fully saturated rings. The van der Waals surface area contributed by atoms with Gasteiger partial charge in [0.15, 0.2) is 0 Å². The first-order valence-corrected chi connectivity index (χ1v) is 7.08. The summed E-state index contributed by atoms with van der Waals surface area (Å²) in [5.41, 5.74) is 5.25. The van der Waals surface area contributed by atoms with E-state index in [0.29, 0.717) is 6.42 Å². The normalized spacial score (nSPS) is 12.5. The summed E-state index contributed by atoms with van der Waals surface area (Å²) in [6.45, 7) is 3.50. The van der Waals surface area contributed by atoms with Crippen molar-refractivity contribution < 1.29 is 19.5 Å². The average molecular weight is 306 g/mol. The summed E-state index contributed by atoms with van der Waals surface area (Å²) in [5.74, 6) is -2.14. The number of carbonyl (C=O) groups is 3. The molecule has 0 aliphatic heterocycles. The number of carboxylic acid groups (broad SMARTS) is 1.